The van der Waals surface area contributed by atoms with Crippen molar-refractivity contribution in [3.05, 3.63) is 11.6 Å². The van der Waals surface area contributed by atoms with E-state index in [1.54, 1.807) is 6.08 Å². The first-order chi connectivity index (χ1) is 8.52. The minimum absolute atomic E-state index is 0.0144. The van der Waals surface area contributed by atoms with Crippen LogP contribution in [0.1, 0.15) is 26.7 Å². The predicted octanol–water partition coefficient (Wildman–Crippen LogP) is 1.24. The number of ether oxygens (including phenoxy) is 2. The molecule has 2 aliphatic carbocycles. The summed E-state index contributed by atoms with van der Waals surface area (Å²) >= 11 is 0. The number of carbonyl (C=O) groups excluding carboxylic acids is 2. The lowest BCUT2D eigenvalue weighted by molar-refractivity contribution is -0.143. The van der Waals surface area contributed by atoms with Crippen molar-refractivity contribution in [2.75, 3.05) is 0 Å². The van der Waals surface area contributed by atoms with Gasteiger partial charge in [0.15, 0.2) is 5.78 Å². The van der Waals surface area contributed by atoms with Crippen LogP contribution in [0.25, 0.3) is 0 Å². The number of hydrogen-bond acceptors (Lipinski definition) is 4. The van der Waals surface area contributed by atoms with E-state index in [0.717, 1.165) is 18.4 Å². The summed E-state index contributed by atoms with van der Waals surface area (Å²) in [5, 5.41) is 0. The molecule has 0 aromatic carbocycles. The topological polar surface area (TPSA) is 55.9 Å². The maximum Gasteiger partial charge on any atom is 0.309 e. The molecule has 96 valence electrons. The molecule has 0 bridgehead atoms. The first-order valence-electron chi connectivity index (χ1n) is 6.64. The van der Waals surface area contributed by atoms with Gasteiger partial charge in [0, 0.05) is 11.3 Å². The Kier molecular flexibility index (Phi) is 1.82. The highest BCUT2D eigenvalue weighted by molar-refractivity contribution is 5.98. The lowest BCUT2D eigenvalue weighted by Gasteiger charge is -2.42. The third-order valence-corrected chi connectivity index (χ3v) is 5.31. The van der Waals surface area contributed by atoms with Gasteiger partial charge >= 0.3 is 5.97 Å². The molecular weight excluding hydrogens is 232 g/mol. The van der Waals surface area contributed by atoms with Crippen LogP contribution < -0.4 is 0 Å². The van der Waals surface area contributed by atoms with Crippen molar-refractivity contribution in [2.45, 2.75) is 45.0 Å². The van der Waals surface area contributed by atoms with Crippen LogP contribution in [0.4, 0.5) is 0 Å². The van der Waals surface area contributed by atoms with Crippen molar-refractivity contribution in [1.29, 1.82) is 0 Å². The minimum Gasteiger partial charge on any atom is -0.457 e. The average molecular weight is 248 g/mol. The number of fused-ring (bicyclic) bond motifs is 5. The standard InChI is InChI=1S/C14H16O4/c1-6-7-3-4-14(2)8(10(7)18-13(6)16)5-9(15)11-12(14)17-11/h5-7,10-12H,3-4H2,1-2H3/t6-,7-,10-,11?,12?,14+/m0/s1. The highest BCUT2D eigenvalue weighted by Gasteiger charge is 2.64. The van der Waals surface area contributed by atoms with Crippen LogP contribution in [-0.4, -0.2) is 30.1 Å². The van der Waals surface area contributed by atoms with E-state index in [1.807, 2.05) is 6.92 Å². The van der Waals surface area contributed by atoms with Crippen LogP contribution in [0.5, 0.6) is 0 Å². The van der Waals surface area contributed by atoms with Crippen LogP contribution in [0.3, 0.4) is 0 Å². The highest BCUT2D eigenvalue weighted by atomic mass is 16.6. The van der Waals surface area contributed by atoms with Gasteiger partial charge in [0.25, 0.3) is 0 Å². The normalized spacial score (nSPS) is 53.0. The predicted molar refractivity (Wildman–Crippen MR) is 61.6 cm³/mol. The van der Waals surface area contributed by atoms with E-state index in [0.29, 0.717) is 0 Å². The smallest absolute Gasteiger partial charge is 0.309 e. The molecular formula is C14H16O4. The fourth-order valence-corrected chi connectivity index (χ4v) is 3.99. The first-order valence-corrected chi connectivity index (χ1v) is 6.64. The Balaban J connectivity index is 1.79. The number of ketones is 1. The molecule has 0 N–H and O–H groups in total. The van der Waals surface area contributed by atoms with E-state index in [2.05, 4.69) is 6.92 Å². The monoisotopic (exact) mass is 248 g/mol. The molecule has 2 unspecified atom stereocenters. The highest BCUT2D eigenvalue weighted by Crippen LogP contribution is 2.58. The van der Waals surface area contributed by atoms with E-state index in [9.17, 15) is 9.59 Å². The Labute approximate surface area is 105 Å². The quantitative estimate of drug-likeness (QED) is 0.478. The Hall–Kier alpha value is -1.16. The summed E-state index contributed by atoms with van der Waals surface area (Å²) in [6, 6.07) is 0. The molecule has 4 heteroatoms. The maximum atomic E-state index is 11.8. The lowest BCUT2D eigenvalue weighted by Crippen LogP contribution is -2.44. The number of hydrogen-bond donors (Lipinski definition) is 0. The zero-order valence-corrected chi connectivity index (χ0v) is 10.5. The number of epoxide rings is 1. The van der Waals surface area contributed by atoms with Crippen LogP contribution in [0, 0.1) is 17.3 Å². The summed E-state index contributed by atoms with van der Waals surface area (Å²) in [4.78, 5) is 23.6. The molecule has 2 aliphatic heterocycles. The van der Waals surface area contributed by atoms with Gasteiger partial charge in [-0.15, -0.1) is 0 Å². The molecule has 18 heavy (non-hydrogen) atoms. The SMILES string of the molecule is C[C@@H]1C(=O)O[C@@H]2C3=CC(=O)C4OC4[C@]3(C)CC[C@@H]12. The van der Waals surface area contributed by atoms with Crippen molar-refractivity contribution in [2.24, 2.45) is 17.3 Å². The van der Waals surface area contributed by atoms with Crippen molar-refractivity contribution >= 4 is 11.8 Å². The number of rotatable bonds is 0. The van der Waals surface area contributed by atoms with Crippen molar-refractivity contribution in [1.82, 2.24) is 0 Å². The second kappa shape index (κ2) is 3.05. The summed E-state index contributed by atoms with van der Waals surface area (Å²) in [6.07, 6.45) is 3.24. The molecule has 0 aromatic heterocycles. The van der Waals surface area contributed by atoms with Crippen molar-refractivity contribution in [3.8, 4) is 0 Å². The first kappa shape index (κ1) is 10.7. The fraction of sp³-hybridized carbons (Fsp3) is 0.714. The minimum atomic E-state index is -0.232. The molecule has 0 spiro atoms. The van der Waals surface area contributed by atoms with E-state index in [1.165, 1.54) is 0 Å². The summed E-state index contributed by atoms with van der Waals surface area (Å²) in [5.74, 6) is 0.110. The third kappa shape index (κ3) is 1.10. The Morgan fingerprint density at radius 1 is 1.33 bits per heavy atom. The van der Waals surface area contributed by atoms with E-state index < -0.39 is 0 Å². The van der Waals surface area contributed by atoms with Crippen LogP contribution >= 0.6 is 0 Å². The zero-order valence-electron chi connectivity index (χ0n) is 10.5. The molecule has 4 rings (SSSR count). The third-order valence-electron chi connectivity index (χ3n) is 5.31. The van der Waals surface area contributed by atoms with Gasteiger partial charge in [-0.2, -0.15) is 0 Å². The Bertz CT molecular complexity index is 494. The zero-order chi connectivity index (χ0) is 12.7. The second-order valence-corrected chi connectivity index (χ2v) is 6.25. The molecule has 6 atom stereocenters. The van der Waals surface area contributed by atoms with Gasteiger partial charge in [0.2, 0.25) is 0 Å². The molecule has 0 amide bonds. The molecule has 3 fully saturated rings. The summed E-state index contributed by atoms with van der Waals surface area (Å²) in [6.45, 7) is 4.07. The number of esters is 1. The van der Waals surface area contributed by atoms with E-state index in [4.69, 9.17) is 9.47 Å². The largest absolute Gasteiger partial charge is 0.457 e. The molecule has 4 nitrogen and oxygen atoms in total. The summed E-state index contributed by atoms with van der Waals surface area (Å²) < 4.78 is 11.0. The van der Waals surface area contributed by atoms with Gasteiger partial charge in [-0.1, -0.05) is 13.8 Å². The van der Waals surface area contributed by atoms with Gasteiger partial charge in [0.05, 0.1) is 5.92 Å². The molecule has 1 saturated carbocycles. The average Bonchev–Trinajstić information content (AvgIpc) is 3.08. The molecule has 4 aliphatic rings. The van der Waals surface area contributed by atoms with E-state index in [-0.39, 0.29) is 47.3 Å². The Morgan fingerprint density at radius 3 is 2.89 bits per heavy atom. The summed E-state index contributed by atoms with van der Waals surface area (Å²) in [5.41, 5.74) is 0.893. The molecule has 0 aromatic rings. The van der Waals surface area contributed by atoms with E-state index >= 15 is 0 Å². The van der Waals surface area contributed by atoms with Gasteiger partial charge in [-0.05, 0) is 24.5 Å². The molecule has 2 saturated heterocycles. The van der Waals surface area contributed by atoms with Gasteiger partial charge in [-0.25, -0.2) is 0 Å². The maximum absolute atomic E-state index is 11.8. The Morgan fingerprint density at radius 2 is 2.11 bits per heavy atom. The van der Waals surface area contributed by atoms with Crippen LogP contribution in [0.15, 0.2) is 11.6 Å². The second-order valence-electron chi connectivity index (χ2n) is 6.25. The molecule has 2 heterocycles. The van der Waals surface area contributed by atoms with Crippen LogP contribution in [0.2, 0.25) is 0 Å². The van der Waals surface area contributed by atoms with Gasteiger partial charge in [0.1, 0.15) is 18.3 Å². The fourth-order valence-electron chi connectivity index (χ4n) is 3.99. The summed E-state index contributed by atoms with van der Waals surface area (Å²) in [7, 11) is 0. The van der Waals surface area contributed by atoms with Gasteiger partial charge < -0.3 is 9.47 Å². The van der Waals surface area contributed by atoms with Gasteiger partial charge in [-0.3, -0.25) is 9.59 Å². The van der Waals surface area contributed by atoms with Crippen LogP contribution in [-0.2, 0) is 19.1 Å². The number of carbonyl (C=O) groups is 2. The lowest BCUT2D eigenvalue weighted by atomic mass is 9.61. The van der Waals surface area contributed by atoms with Crippen molar-refractivity contribution < 1.29 is 19.1 Å². The molecule has 0 radical (unpaired) electrons. The van der Waals surface area contributed by atoms with Crippen molar-refractivity contribution in [3.63, 3.8) is 0 Å².